The zero-order chi connectivity index (χ0) is 11.4. The van der Waals surface area contributed by atoms with E-state index >= 15 is 0 Å². The maximum atomic E-state index is 5.67. The second-order valence-corrected chi connectivity index (χ2v) is 4.45. The molecule has 1 aromatic carbocycles. The van der Waals surface area contributed by atoms with Crippen molar-refractivity contribution in [2.75, 3.05) is 25.9 Å². The van der Waals surface area contributed by atoms with Gasteiger partial charge in [0.2, 0.25) is 0 Å². The second kappa shape index (κ2) is 5.32. The van der Waals surface area contributed by atoms with E-state index in [0.29, 0.717) is 6.10 Å². The summed E-state index contributed by atoms with van der Waals surface area (Å²) in [4.78, 5) is 2.47. The molecule has 2 rings (SSSR count). The highest BCUT2D eigenvalue weighted by Crippen LogP contribution is 2.16. The van der Waals surface area contributed by atoms with Gasteiger partial charge in [0, 0.05) is 32.4 Å². The lowest BCUT2D eigenvalue weighted by atomic mass is 10.1. The summed E-state index contributed by atoms with van der Waals surface area (Å²) in [5.41, 5.74) is 7.84. The van der Waals surface area contributed by atoms with Gasteiger partial charge in [-0.2, -0.15) is 0 Å². The van der Waals surface area contributed by atoms with E-state index in [-0.39, 0.29) is 0 Å². The van der Waals surface area contributed by atoms with Crippen LogP contribution in [0.3, 0.4) is 0 Å². The first-order valence-electron chi connectivity index (χ1n) is 5.87. The molecule has 1 aromatic rings. The molecule has 0 aliphatic carbocycles. The van der Waals surface area contributed by atoms with Crippen LogP contribution in [0.2, 0.25) is 0 Å². The first-order valence-corrected chi connectivity index (χ1v) is 5.87. The third kappa shape index (κ3) is 2.97. The van der Waals surface area contributed by atoms with Crippen molar-refractivity contribution in [1.82, 2.24) is 4.90 Å². The van der Waals surface area contributed by atoms with Crippen LogP contribution >= 0.6 is 0 Å². The molecular formula is C13H20N2O. The topological polar surface area (TPSA) is 38.5 Å². The van der Waals surface area contributed by atoms with Gasteiger partial charge in [0.1, 0.15) is 0 Å². The van der Waals surface area contributed by atoms with Gasteiger partial charge in [0.05, 0.1) is 6.10 Å². The Morgan fingerprint density at radius 1 is 1.25 bits per heavy atom. The molecule has 0 spiro atoms. The number of anilines is 1. The van der Waals surface area contributed by atoms with Crippen LogP contribution in [0.4, 0.5) is 5.69 Å². The minimum absolute atomic E-state index is 0.461. The fourth-order valence-corrected chi connectivity index (χ4v) is 2.18. The molecule has 0 aromatic heterocycles. The minimum atomic E-state index is 0.461. The van der Waals surface area contributed by atoms with Crippen LogP contribution in [0, 0.1) is 0 Å². The number of nitrogens with two attached hydrogens (primary N) is 1. The number of methoxy groups -OCH3 is 1. The fraction of sp³-hybridized carbons (Fsp3) is 0.538. The van der Waals surface area contributed by atoms with E-state index in [4.69, 9.17) is 10.5 Å². The number of likely N-dealkylation sites (tertiary alicyclic amines) is 1. The molecule has 1 aliphatic heterocycles. The van der Waals surface area contributed by atoms with E-state index in [1.165, 1.54) is 5.56 Å². The number of nitrogen functional groups attached to an aromatic ring is 1. The van der Waals surface area contributed by atoms with Gasteiger partial charge in [-0.15, -0.1) is 0 Å². The lowest BCUT2D eigenvalue weighted by Gasteiger charge is -2.31. The Kier molecular flexibility index (Phi) is 3.80. The highest BCUT2D eigenvalue weighted by Gasteiger charge is 2.18. The molecule has 0 amide bonds. The number of piperidine rings is 1. The Morgan fingerprint density at radius 3 is 2.44 bits per heavy atom. The summed E-state index contributed by atoms with van der Waals surface area (Å²) >= 11 is 0. The van der Waals surface area contributed by atoms with Gasteiger partial charge in [-0.1, -0.05) is 12.1 Å². The van der Waals surface area contributed by atoms with Crippen molar-refractivity contribution >= 4 is 5.69 Å². The number of rotatable bonds is 3. The first kappa shape index (κ1) is 11.4. The Bertz CT molecular complexity index is 315. The molecule has 3 nitrogen and oxygen atoms in total. The Balaban J connectivity index is 1.84. The monoisotopic (exact) mass is 220 g/mol. The molecule has 0 bridgehead atoms. The van der Waals surface area contributed by atoms with Gasteiger partial charge in [0.15, 0.2) is 0 Å². The average Bonchev–Trinajstić information content (AvgIpc) is 2.33. The molecule has 3 heteroatoms. The number of hydrogen-bond donors (Lipinski definition) is 1. The summed E-state index contributed by atoms with van der Waals surface area (Å²) in [7, 11) is 1.81. The summed E-state index contributed by atoms with van der Waals surface area (Å²) in [6, 6.07) is 8.16. The normalized spacial score (nSPS) is 18.8. The Morgan fingerprint density at radius 2 is 1.88 bits per heavy atom. The lowest BCUT2D eigenvalue weighted by Crippen LogP contribution is -2.36. The summed E-state index contributed by atoms with van der Waals surface area (Å²) in [6.45, 7) is 3.28. The molecule has 0 radical (unpaired) electrons. The van der Waals surface area contributed by atoms with E-state index < -0.39 is 0 Å². The maximum absolute atomic E-state index is 5.67. The summed E-state index contributed by atoms with van der Waals surface area (Å²) in [5, 5.41) is 0. The Hall–Kier alpha value is -1.06. The first-order chi connectivity index (χ1) is 7.78. The number of ether oxygens (including phenoxy) is 1. The number of benzene rings is 1. The van der Waals surface area contributed by atoms with Crippen LogP contribution < -0.4 is 5.73 Å². The van der Waals surface area contributed by atoms with Crippen molar-refractivity contribution in [1.29, 1.82) is 0 Å². The fourth-order valence-electron chi connectivity index (χ4n) is 2.18. The maximum Gasteiger partial charge on any atom is 0.0595 e. The van der Waals surface area contributed by atoms with Crippen LogP contribution in [-0.4, -0.2) is 31.2 Å². The third-order valence-electron chi connectivity index (χ3n) is 3.25. The van der Waals surface area contributed by atoms with Gasteiger partial charge in [0.25, 0.3) is 0 Å². The summed E-state index contributed by atoms with van der Waals surface area (Å²) < 4.78 is 5.36. The zero-order valence-electron chi connectivity index (χ0n) is 9.86. The third-order valence-corrected chi connectivity index (χ3v) is 3.25. The predicted octanol–water partition coefficient (Wildman–Crippen LogP) is 1.88. The van der Waals surface area contributed by atoms with Crippen molar-refractivity contribution < 1.29 is 4.74 Å². The quantitative estimate of drug-likeness (QED) is 0.790. The molecule has 0 atom stereocenters. The molecule has 0 saturated carbocycles. The van der Waals surface area contributed by atoms with E-state index in [1.807, 2.05) is 12.1 Å². The molecule has 1 aliphatic rings. The van der Waals surface area contributed by atoms with Crippen molar-refractivity contribution in [2.45, 2.75) is 25.5 Å². The Labute approximate surface area is 97.2 Å². The van der Waals surface area contributed by atoms with Crippen LogP contribution in [0.25, 0.3) is 0 Å². The van der Waals surface area contributed by atoms with Crippen molar-refractivity contribution in [3.63, 3.8) is 0 Å². The van der Waals surface area contributed by atoms with Crippen LogP contribution in [-0.2, 0) is 11.3 Å². The van der Waals surface area contributed by atoms with Crippen LogP contribution in [0.15, 0.2) is 24.3 Å². The van der Waals surface area contributed by atoms with Gasteiger partial charge in [-0.3, -0.25) is 4.90 Å². The summed E-state index contributed by atoms with van der Waals surface area (Å²) in [6.07, 6.45) is 2.75. The summed E-state index contributed by atoms with van der Waals surface area (Å²) in [5.74, 6) is 0. The van der Waals surface area contributed by atoms with Gasteiger partial charge in [-0.05, 0) is 30.5 Å². The van der Waals surface area contributed by atoms with Gasteiger partial charge >= 0.3 is 0 Å². The second-order valence-electron chi connectivity index (χ2n) is 4.45. The lowest BCUT2D eigenvalue weighted by molar-refractivity contribution is 0.0389. The number of nitrogens with zero attached hydrogens (tertiary/aromatic N) is 1. The minimum Gasteiger partial charge on any atom is -0.399 e. The molecule has 16 heavy (non-hydrogen) atoms. The van der Waals surface area contributed by atoms with E-state index in [9.17, 15) is 0 Å². The van der Waals surface area contributed by atoms with Gasteiger partial charge in [-0.25, -0.2) is 0 Å². The molecule has 1 fully saturated rings. The molecule has 1 saturated heterocycles. The SMILES string of the molecule is COC1CCN(Cc2ccc(N)cc2)CC1. The largest absolute Gasteiger partial charge is 0.399 e. The van der Waals surface area contributed by atoms with Crippen molar-refractivity contribution in [3.05, 3.63) is 29.8 Å². The molecule has 1 heterocycles. The highest BCUT2D eigenvalue weighted by atomic mass is 16.5. The van der Waals surface area contributed by atoms with Gasteiger partial charge < -0.3 is 10.5 Å². The molecule has 2 N–H and O–H groups in total. The molecule has 88 valence electrons. The van der Waals surface area contributed by atoms with E-state index in [2.05, 4.69) is 17.0 Å². The van der Waals surface area contributed by atoms with Crippen molar-refractivity contribution in [3.8, 4) is 0 Å². The highest BCUT2D eigenvalue weighted by molar-refractivity contribution is 5.39. The predicted molar refractivity (Wildman–Crippen MR) is 66.2 cm³/mol. The van der Waals surface area contributed by atoms with E-state index in [1.54, 1.807) is 7.11 Å². The standard InChI is InChI=1S/C13H20N2O/c1-16-13-6-8-15(9-7-13)10-11-2-4-12(14)5-3-11/h2-5,13H,6-10,14H2,1H3. The van der Waals surface area contributed by atoms with E-state index in [0.717, 1.165) is 38.2 Å². The van der Waals surface area contributed by atoms with Crippen LogP contribution in [0.1, 0.15) is 18.4 Å². The average molecular weight is 220 g/mol. The smallest absolute Gasteiger partial charge is 0.0595 e. The van der Waals surface area contributed by atoms with Crippen molar-refractivity contribution in [2.24, 2.45) is 0 Å². The zero-order valence-corrected chi connectivity index (χ0v) is 9.86. The number of hydrogen-bond acceptors (Lipinski definition) is 3. The van der Waals surface area contributed by atoms with Crippen LogP contribution in [0.5, 0.6) is 0 Å². The molecular weight excluding hydrogens is 200 g/mol. The molecule has 0 unspecified atom stereocenters.